The smallest absolute Gasteiger partial charge is 0.131 e. The Hall–Kier alpha value is -2.20. The Kier molecular flexibility index (Phi) is 3.16. The molecule has 84 valence electrons. The van der Waals surface area contributed by atoms with Gasteiger partial charge >= 0.3 is 0 Å². The van der Waals surface area contributed by atoms with Crippen LogP contribution >= 0.6 is 0 Å². The summed E-state index contributed by atoms with van der Waals surface area (Å²) in [5.41, 5.74) is 4.02. The largest absolute Gasteiger partial charge is 0.507 e. The SMILES string of the molecule is Cc1cccc(C)c1C#Cc1ccccc1O. The van der Waals surface area contributed by atoms with Crippen LogP contribution < -0.4 is 0 Å². The molecule has 0 amide bonds. The zero-order valence-electron chi connectivity index (χ0n) is 9.99. The van der Waals surface area contributed by atoms with Gasteiger partial charge in [-0.05, 0) is 37.1 Å². The van der Waals surface area contributed by atoms with E-state index in [0.29, 0.717) is 5.56 Å². The predicted molar refractivity (Wildman–Crippen MR) is 70.0 cm³/mol. The van der Waals surface area contributed by atoms with E-state index < -0.39 is 0 Å². The predicted octanol–water partition coefficient (Wildman–Crippen LogP) is 3.41. The third-order valence-electron chi connectivity index (χ3n) is 2.71. The second kappa shape index (κ2) is 4.76. The standard InChI is InChI=1S/C16H14O/c1-12-6-5-7-13(2)15(12)11-10-14-8-3-4-9-16(14)17/h3-9,17H,1-2H3. The maximum atomic E-state index is 9.62. The van der Waals surface area contributed by atoms with Crippen LogP contribution in [0.3, 0.4) is 0 Å². The van der Waals surface area contributed by atoms with Gasteiger partial charge in [-0.2, -0.15) is 0 Å². The van der Waals surface area contributed by atoms with Gasteiger partial charge < -0.3 is 5.11 Å². The van der Waals surface area contributed by atoms with E-state index in [2.05, 4.69) is 11.8 Å². The highest BCUT2D eigenvalue weighted by Gasteiger charge is 1.98. The van der Waals surface area contributed by atoms with E-state index in [9.17, 15) is 5.11 Å². The van der Waals surface area contributed by atoms with E-state index in [1.54, 1.807) is 12.1 Å². The monoisotopic (exact) mass is 222 g/mol. The number of hydrogen-bond acceptors (Lipinski definition) is 1. The lowest BCUT2D eigenvalue weighted by atomic mass is 10.0. The fourth-order valence-electron chi connectivity index (χ4n) is 1.72. The van der Waals surface area contributed by atoms with Gasteiger partial charge in [0.1, 0.15) is 5.75 Å². The van der Waals surface area contributed by atoms with Crippen LogP contribution in [-0.4, -0.2) is 5.11 Å². The van der Waals surface area contributed by atoms with Crippen molar-refractivity contribution < 1.29 is 5.11 Å². The molecule has 0 saturated carbocycles. The molecule has 0 atom stereocenters. The second-order valence-corrected chi connectivity index (χ2v) is 4.03. The van der Waals surface area contributed by atoms with Gasteiger partial charge in [0.25, 0.3) is 0 Å². The number of phenols is 1. The Bertz CT molecular complexity index is 580. The van der Waals surface area contributed by atoms with E-state index in [0.717, 1.165) is 16.7 Å². The first kappa shape index (κ1) is 11.3. The Morgan fingerprint density at radius 1 is 0.824 bits per heavy atom. The molecule has 0 aromatic heterocycles. The van der Waals surface area contributed by atoms with Crippen LogP contribution in [0.1, 0.15) is 22.3 Å². The van der Waals surface area contributed by atoms with Gasteiger partial charge in [-0.25, -0.2) is 0 Å². The zero-order chi connectivity index (χ0) is 12.3. The molecule has 0 aliphatic rings. The average molecular weight is 222 g/mol. The molecule has 0 radical (unpaired) electrons. The summed E-state index contributed by atoms with van der Waals surface area (Å²) in [5.74, 6) is 6.37. The number of aryl methyl sites for hydroxylation is 2. The van der Waals surface area contributed by atoms with Crippen molar-refractivity contribution in [3.63, 3.8) is 0 Å². The summed E-state index contributed by atoms with van der Waals surface area (Å²) in [6.07, 6.45) is 0. The van der Waals surface area contributed by atoms with E-state index in [-0.39, 0.29) is 5.75 Å². The molecule has 0 saturated heterocycles. The van der Waals surface area contributed by atoms with Crippen LogP contribution in [0.15, 0.2) is 42.5 Å². The fraction of sp³-hybridized carbons (Fsp3) is 0.125. The Labute approximate surface area is 102 Å². The first-order valence-corrected chi connectivity index (χ1v) is 5.54. The van der Waals surface area contributed by atoms with Crippen molar-refractivity contribution in [3.05, 3.63) is 64.7 Å². The number of para-hydroxylation sites is 1. The third-order valence-corrected chi connectivity index (χ3v) is 2.71. The Balaban J connectivity index is 2.44. The second-order valence-electron chi connectivity index (χ2n) is 4.03. The molecule has 0 bridgehead atoms. The molecule has 0 spiro atoms. The van der Waals surface area contributed by atoms with Gasteiger partial charge in [-0.3, -0.25) is 0 Å². The third kappa shape index (κ3) is 2.49. The lowest BCUT2D eigenvalue weighted by Crippen LogP contribution is -1.86. The molecule has 0 fully saturated rings. The molecule has 2 aromatic rings. The lowest BCUT2D eigenvalue weighted by Gasteiger charge is -2.01. The molecule has 0 unspecified atom stereocenters. The van der Waals surface area contributed by atoms with Gasteiger partial charge in [-0.1, -0.05) is 42.2 Å². The van der Waals surface area contributed by atoms with Crippen LogP contribution in [0.2, 0.25) is 0 Å². The molecule has 17 heavy (non-hydrogen) atoms. The summed E-state index contributed by atoms with van der Waals surface area (Å²) >= 11 is 0. The van der Waals surface area contributed by atoms with Crippen molar-refractivity contribution in [2.45, 2.75) is 13.8 Å². The molecule has 1 heteroatoms. The summed E-state index contributed by atoms with van der Waals surface area (Å²) in [5, 5.41) is 9.62. The number of aromatic hydroxyl groups is 1. The van der Waals surface area contributed by atoms with Gasteiger partial charge in [0.15, 0.2) is 0 Å². The van der Waals surface area contributed by atoms with Crippen LogP contribution in [0.25, 0.3) is 0 Å². The minimum atomic E-state index is 0.228. The summed E-state index contributed by atoms with van der Waals surface area (Å²) < 4.78 is 0. The normalized spacial score (nSPS) is 9.53. The summed E-state index contributed by atoms with van der Waals surface area (Å²) in [7, 11) is 0. The topological polar surface area (TPSA) is 20.2 Å². The first-order chi connectivity index (χ1) is 8.18. The van der Waals surface area contributed by atoms with Crippen LogP contribution in [0, 0.1) is 25.7 Å². The molecular formula is C16H14O. The number of hydrogen-bond donors (Lipinski definition) is 1. The molecule has 2 rings (SSSR count). The summed E-state index contributed by atoms with van der Waals surface area (Å²) in [4.78, 5) is 0. The van der Waals surface area contributed by atoms with Gasteiger partial charge in [0.2, 0.25) is 0 Å². The van der Waals surface area contributed by atoms with Crippen LogP contribution in [0.5, 0.6) is 5.75 Å². The van der Waals surface area contributed by atoms with E-state index in [1.807, 2.05) is 44.2 Å². The molecule has 2 aromatic carbocycles. The first-order valence-electron chi connectivity index (χ1n) is 5.54. The highest BCUT2D eigenvalue weighted by atomic mass is 16.3. The van der Waals surface area contributed by atoms with Crippen molar-refractivity contribution in [2.75, 3.05) is 0 Å². The van der Waals surface area contributed by atoms with Gasteiger partial charge in [0, 0.05) is 5.56 Å². The summed E-state index contributed by atoms with van der Waals surface area (Å²) in [6, 6.07) is 13.2. The van der Waals surface area contributed by atoms with Crippen LogP contribution in [0.4, 0.5) is 0 Å². The van der Waals surface area contributed by atoms with Crippen molar-refractivity contribution in [2.24, 2.45) is 0 Å². The van der Waals surface area contributed by atoms with Gasteiger partial charge in [0.05, 0.1) is 5.56 Å². The molecular weight excluding hydrogens is 208 g/mol. The highest BCUT2D eigenvalue weighted by molar-refractivity contribution is 5.52. The molecule has 1 nitrogen and oxygen atoms in total. The number of phenolic OH excluding ortho intramolecular Hbond substituents is 1. The van der Waals surface area contributed by atoms with Crippen molar-refractivity contribution in [3.8, 4) is 17.6 Å². The minimum Gasteiger partial charge on any atom is -0.507 e. The van der Waals surface area contributed by atoms with Crippen molar-refractivity contribution in [1.29, 1.82) is 0 Å². The highest BCUT2D eigenvalue weighted by Crippen LogP contribution is 2.15. The Morgan fingerprint density at radius 3 is 2.12 bits per heavy atom. The fourth-order valence-corrected chi connectivity index (χ4v) is 1.72. The summed E-state index contributed by atoms with van der Waals surface area (Å²) in [6.45, 7) is 4.09. The van der Waals surface area contributed by atoms with Crippen molar-refractivity contribution >= 4 is 0 Å². The van der Waals surface area contributed by atoms with Crippen molar-refractivity contribution in [1.82, 2.24) is 0 Å². The molecule has 0 heterocycles. The Morgan fingerprint density at radius 2 is 1.47 bits per heavy atom. The maximum absolute atomic E-state index is 9.62. The quantitative estimate of drug-likeness (QED) is 0.677. The average Bonchev–Trinajstić information content (AvgIpc) is 2.30. The number of rotatable bonds is 0. The minimum absolute atomic E-state index is 0.228. The van der Waals surface area contributed by atoms with Crippen LogP contribution in [-0.2, 0) is 0 Å². The molecule has 1 N–H and O–H groups in total. The number of benzene rings is 2. The van der Waals surface area contributed by atoms with E-state index in [1.165, 1.54) is 0 Å². The molecule has 0 aliphatic heterocycles. The van der Waals surface area contributed by atoms with E-state index >= 15 is 0 Å². The van der Waals surface area contributed by atoms with Gasteiger partial charge in [-0.15, -0.1) is 0 Å². The molecule has 0 aliphatic carbocycles. The van der Waals surface area contributed by atoms with E-state index in [4.69, 9.17) is 0 Å². The maximum Gasteiger partial charge on any atom is 0.131 e. The zero-order valence-corrected chi connectivity index (χ0v) is 9.99. The lowest BCUT2D eigenvalue weighted by molar-refractivity contribution is 0.473.